The van der Waals surface area contributed by atoms with E-state index in [1.54, 1.807) is 0 Å². The van der Waals surface area contributed by atoms with Gasteiger partial charge in [0.15, 0.2) is 17.3 Å². The third-order valence-corrected chi connectivity index (χ3v) is 5.31. The minimum Gasteiger partial charge on any atom is -0.454 e. The van der Waals surface area contributed by atoms with Crippen LogP contribution in [0.3, 0.4) is 0 Å². The first-order valence-corrected chi connectivity index (χ1v) is 8.54. The van der Waals surface area contributed by atoms with E-state index in [4.69, 9.17) is 21.1 Å². The first-order valence-electron chi connectivity index (χ1n) is 6.30. The smallest absolute Gasteiger partial charge is 0.231 e. The lowest BCUT2D eigenvalue weighted by atomic mass is 10.1. The van der Waals surface area contributed by atoms with Crippen LogP contribution in [0.2, 0.25) is 5.15 Å². The summed E-state index contributed by atoms with van der Waals surface area (Å²) in [6.45, 7) is 4.39. The van der Waals surface area contributed by atoms with Crippen molar-refractivity contribution in [3.8, 4) is 22.9 Å². The molecule has 0 saturated carbocycles. The maximum atomic E-state index is 6.24. The van der Waals surface area contributed by atoms with Crippen LogP contribution in [0.15, 0.2) is 16.6 Å². The van der Waals surface area contributed by atoms with Gasteiger partial charge < -0.3 is 9.47 Å². The van der Waals surface area contributed by atoms with Crippen LogP contribution in [0, 0.1) is 3.57 Å². The lowest BCUT2D eigenvalue weighted by Crippen LogP contribution is -2.02. The van der Waals surface area contributed by atoms with Crippen LogP contribution < -0.4 is 9.47 Å². The van der Waals surface area contributed by atoms with Crippen LogP contribution in [0.5, 0.6) is 11.5 Å². The van der Waals surface area contributed by atoms with Gasteiger partial charge in [-0.3, -0.25) is 0 Å². The molecule has 0 aliphatic carbocycles. The van der Waals surface area contributed by atoms with Gasteiger partial charge in [0.1, 0.15) is 5.15 Å². The average molecular weight is 482 g/mol. The van der Waals surface area contributed by atoms with Crippen molar-refractivity contribution in [2.45, 2.75) is 19.8 Å². The molecule has 1 aliphatic rings. The molecule has 0 atom stereocenters. The van der Waals surface area contributed by atoms with Crippen LogP contribution in [0.25, 0.3) is 11.4 Å². The molecule has 7 heteroatoms. The van der Waals surface area contributed by atoms with Gasteiger partial charge in [-0.1, -0.05) is 25.4 Å². The number of halogens is 3. The molecular formula is C14H11BrClIN2O2. The molecule has 0 saturated heterocycles. The van der Waals surface area contributed by atoms with Crippen molar-refractivity contribution in [1.29, 1.82) is 0 Å². The number of aromatic nitrogens is 2. The van der Waals surface area contributed by atoms with Crippen molar-refractivity contribution >= 4 is 50.1 Å². The Morgan fingerprint density at radius 2 is 2.05 bits per heavy atom. The van der Waals surface area contributed by atoms with E-state index in [-0.39, 0.29) is 12.7 Å². The van der Waals surface area contributed by atoms with Crippen LogP contribution in [0.1, 0.15) is 25.5 Å². The zero-order valence-corrected chi connectivity index (χ0v) is 15.8. The standard InChI is InChI=1S/C14H11BrClIN2O2/c1-6(2)11-10(17)13(16)19-14(18-11)7-3-8(15)12-9(4-7)20-5-21-12/h3-4,6H,5H2,1-2H3. The molecule has 3 rings (SSSR count). The second-order valence-electron chi connectivity index (χ2n) is 4.88. The van der Waals surface area contributed by atoms with Crippen molar-refractivity contribution in [2.75, 3.05) is 6.79 Å². The minimum absolute atomic E-state index is 0.225. The number of nitrogens with zero attached hydrogens (tertiary/aromatic N) is 2. The molecule has 0 spiro atoms. The number of fused-ring (bicyclic) bond motifs is 1. The molecule has 21 heavy (non-hydrogen) atoms. The number of ether oxygens (including phenoxy) is 2. The van der Waals surface area contributed by atoms with E-state index in [1.165, 1.54) is 0 Å². The van der Waals surface area contributed by atoms with Gasteiger partial charge >= 0.3 is 0 Å². The average Bonchev–Trinajstić information content (AvgIpc) is 2.90. The fourth-order valence-corrected chi connectivity index (χ4v) is 3.64. The van der Waals surface area contributed by atoms with Crippen LogP contribution in [-0.4, -0.2) is 16.8 Å². The quantitative estimate of drug-likeness (QED) is 0.447. The third kappa shape index (κ3) is 2.85. The highest BCUT2D eigenvalue weighted by Crippen LogP contribution is 2.42. The summed E-state index contributed by atoms with van der Waals surface area (Å²) in [6, 6.07) is 3.78. The Kier molecular flexibility index (Phi) is 4.29. The van der Waals surface area contributed by atoms with Crippen molar-refractivity contribution in [3.05, 3.63) is 31.0 Å². The fourth-order valence-electron chi connectivity index (χ4n) is 2.04. The number of benzene rings is 1. The molecule has 2 aromatic rings. The maximum Gasteiger partial charge on any atom is 0.231 e. The molecule has 0 fully saturated rings. The van der Waals surface area contributed by atoms with Crippen molar-refractivity contribution < 1.29 is 9.47 Å². The van der Waals surface area contributed by atoms with Crippen LogP contribution in [0.4, 0.5) is 0 Å². The first-order chi connectivity index (χ1) is 9.97. The van der Waals surface area contributed by atoms with E-state index in [0.29, 0.717) is 22.5 Å². The largest absolute Gasteiger partial charge is 0.454 e. The van der Waals surface area contributed by atoms with E-state index < -0.39 is 0 Å². The van der Waals surface area contributed by atoms with Crippen LogP contribution >= 0.6 is 50.1 Å². The van der Waals surface area contributed by atoms with Gasteiger partial charge in [-0.05, 0) is 56.6 Å². The summed E-state index contributed by atoms with van der Waals surface area (Å²) >= 11 is 11.9. The normalized spacial score (nSPS) is 13.0. The summed E-state index contributed by atoms with van der Waals surface area (Å²) in [7, 11) is 0. The van der Waals surface area contributed by atoms with Gasteiger partial charge in [0.2, 0.25) is 6.79 Å². The third-order valence-electron chi connectivity index (χ3n) is 3.07. The Morgan fingerprint density at radius 1 is 1.29 bits per heavy atom. The Labute approximate surface area is 149 Å². The second-order valence-corrected chi connectivity index (χ2v) is 7.17. The van der Waals surface area contributed by atoms with Crippen molar-refractivity contribution in [3.63, 3.8) is 0 Å². The molecule has 0 amide bonds. The molecule has 1 aromatic heterocycles. The van der Waals surface area contributed by atoms with Crippen molar-refractivity contribution in [1.82, 2.24) is 9.97 Å². The predicted molar refractivity (Wildman–Crippen MR) is 93.1 cm³/mol. The number of hydrogen-bond donors (Lipinski definition) is 0. The second kappa shape index (κ2) is 5.89. The molecule has 0 bridgehead atoms. The lowest BCUT2D eigenvalue weighted by Gasteiger charge is -2.11. The molecule has 0 N–H and O–H groups in total. The monoisotopic (exact) mass is 480 g/mol. The van der Waals surface area contributed by atoms with E-state index in [1.807, 2.05) is 12.1 Å². The number of hydrogen-bond acceptors (Lipinski definition) is 4. The topological polar surface area (TPSA) is 44.2 Å². The first kappa shape index (κ1) is 15.3. The van der Waals surface area contributed by atoms with Gasteiger partial charge in [0, 0.05) is 5.56 Å². The van der Waals surface area contributed by atoms with Gasteiger partial charge in [0.25, 0.3) is 0 Å². The van der Waals surface area contributed by atoms with Crippen LogP contribution in [-0.2, 0) is 0 Å². The highest BCUT2D eigenvalue weighted by molar-refractivity contribution is 14.1. The molecule has 1 aliphatic heterocycles. The molecule has 0 radical (unpaired) electrons. The van der Waals surface area contributed by atoms with E-state index in [2.05, 4.69) is 62.3 Å². The van der Waals surface area contributed by atoms with E-state index in [9.17, 15) is 0 Å². The summed E-state index contributed by atoms with van der Waals surface area (Å²) in [6.07, 6.45) is 0. The maximum absolute atomic E-state index is 6.24. The molecule has 4 nitrogen and oxygen atoms in total. The molecule has 110 valence electrons. The van der Waals surface area contributed by atoms with E-state index in [0.717, 1.165) is 19.3 Å². The zero-order valence-electron chi connectivity index (χ0n) is 11.3. The summed E-state index contributed by atoms with van der Waals surface area (Å²) < 4.78 is 12.5. The summed E-state index contributed by atoms with van der Waals surface area (Å²) in [4.78, 5) is 9.03. The molecule has 1 aromatic carbocycles. The highest BCUT2D eigenvalue weighted by atomic mass is 127. The molecule has 2 heterocycles. The summed E-state index contributed by atoms with van der Waals surface area (Å²) in [5.74, 6) is 2.25. The number of rotatable bonds is 2. The Bertz CT molecular complexity index is 725. The minimum atomic E-state index is 0.225. The highest BCUT2D eigenvalue weighted by Gasteiger charge is 2.21. The SMILES string of the molecule is CC(C)c1nc(-c2cc(Br)c3c(c2)OCO3)nc(Cl)c1I. The van der Waals surface area contributed by atoms with Gasteiger partial charge in [-0.2, -0.15) is 0 Å². The summed E-state index contributed by atoms with van der Waals surface area (Å²) in [5.41, 5.74) is 1.78. The summed E-state index contributed by atoms with van der Waals surface area (Å²) in [5, 5.41) is 0.470. The van der Waals surface area contributed by atoms with Gasteiger partial charge in [-0.25, -0.2) is 9.97 Å². The van der Waals surface area contributed by atoms with Gasteiger partial charge in [-0.15, -0.1) is 0 Å². The fraction of sp³-hybridized carbons (Fsp3) is 0.286. The van der Waals surface area contributed by atoms with Crippen molar-refractivity contribution in [2.24, 2.45) is 0 Å². The van der Waals surface area contributed by atoms with E-state index >= 15 is 0 Å². The molecule has 0 unspecified atom stereocenters. The molecular weight excluding hydrogens is 470 g/mol. The Balaban J connectivity index is 2.15. The Morgan fingerprint density at radius 3 is 2.76 bits per heavy atom. The van der Waals surface area contributed by atoms with Gasteiger partial charge in [0.05, 0.1) is 13.7 Å². The predicted octanol–water partition coefficient (Wildman–Crippen LogP) is 5.02. The Hall–Kier alpha value is -0.600. The lowest BCUT2D eigenvalue weighted by molar-refractivity contribution is 0.173. The zero-order chi connectivity index (χ0) is 15.1.